The number of hydrogen-bond acceptors (Lipinski definition) is 6. The molecule has 0 saturated heterocycles. The number of hydrogen-bond donors (Lipinski definition) is 2. The van der Waals surface area contributed by atoms with Crippen molar-refractivity contribution in [1.29, 1.82) is 0 Å². The van der Waals surface area contributed by atoms with E-state index in [2.05, 4.69) is 11.9 Å². The van der Waals surface area contributed by atoms with Gasteiger partial charge in [-0.3, -0.25) is 4.79 Å². The van der Waals surface area contributed by atoms with E-state index in [4.69, 9.17) is 26.8 Å². The Morgan fingerprint density at radius 3 is 2.54 bits per heavy atom. The summed E-state index contributed by atoms with van der Waals surface area (Å²) < 4.78 is 11.3. The lowest BCUT2D eigenvalue weighted by molar-refractivity contribution is -0.136. The molecule has 1 aromatic heterocycles. The van der Waals surface area contributed by atoms with Crippen molar-refractivity contribution >= 4 is 51.8 Å². The van der Waals surface area contributed by atoms with Crippen LogP contribution >= 0.6 is 22.9 Å². The Labute approximate surface area is 214 Å². The molecule has 0 unspecified atom stereocenters. The fourth-order valence-electron chi connectivity index (χ4n) is 3.39. The lowest BCUT2D eigenvalue weighted by atomic mass is 10.0. The van der Waals surface area contributed by atoms with Crippen LogP contribution in [0.25, 0.3) is 11.3 Å². The molecule has 1 heterocycles. The first-order valence-electron chi connectivity index (χ1n) is 10.9. The van der Waals surface area contributed by atoms with Gasteiger partial charge in [0.2, 0.25) is 0 Å². The maximum atomic E-state index is 12.6. The molecule has 3 rings (SSSR count). The van der Waals surface area contributed by atoms with Crippen LogP contribution in [0.15, 0.2) is 60.5 Å². The monoisotopic (exact) mass is 510 g/mol. The average molecular weight is 511 g/mol. The molecule has 2 aromatic carbocycles. The Morgan fingerprint density at radius 1 is 1.20 bits per heavy atom. The molecular formula is C27H27ClN2O4S. The van der Waals surface area contributed by atoms with Crippen molar-refractivity contribution in [3.8, 4) is 5.75 Å². The van der Waals surface area contributed by atoms with E-state index in [-0.39, 0.29) is 19.1 Å². The number of benzene rings is 2. The molecule has 0 saturated carbocycles. The number of anilines is 1. The third kappa shape index (κ3) is 6.32. The van der Waals surface area contributed by atoms with Crippen LogP contribution in [0.4, 0.5) is 5.69 Å². The Morgan fingerprint density at radius 2 is 1.91 bits per heavy atom. The van der Waals surface area contributed by atoms with Gasteiger partial charge in [-0.15, -0.1) is 11.3 Å². The minimum absolute atomic E-state index is 0.206. The van der Waals surface area contributed by atoms with E-state index in [0.29, 0.717) is 43.7 Å². The number of halogens is 1. The SMILES string of the molecule is C=C(N)c1c(COc2cc(NC(=O)c3ccc(Cl)cc3)ccc2C)csc1/C(=C\C)C(=O)OCC. The summed E-state index contributed by atoms with van der Waals surface area (Å²) in [6.45, 7) is 9.83. The number of carbonyl (C=O) groups excluding carboxylic acids is 2. The molecule has 35 heavy (non-hydrogen) atoms. The van der Waals surface area contributed by atoms with Gasteiger partial charge in [0.05, 0.1) is 17.1 Å². The molecule has 0 bridgehead atoms. The zero-order chi connectivity index (χ0) is 25.5. The minimum atomic E-state index is -0.410. The molecule has 0 atom stereocenters. The zero-order valence-electron chi connectivity index (χ0n) is 19.8. The van der Waals surface area contributed by atoms with E-state index in [1.54, 1.807) is 50.3 Å². The Hall–Kier alpha value is -3.55. The van der Waals surface area contributed by atoms with Crippen molar-refractivity contribution < 1.29 is 19.1 Å². The maximum Gasteiger partial charge on any atom is 0.339 e. The number of carbonyl (C=O) groups is 2. The van der Waals surface area contributed by atoms with Crippen molar-refractivity contribution in [2.45, 2.75) is 27.4 Å². The lowest BCUT2D eigenvalue weighted by Crippen LogP contribution is -2.12. The first kappa shape index (κ1) is 26.1. The van der Waals surface area contributed by atoms with Gasteiger partial charge in [0, 0.05) is 39.2 Å². The quantitative estimate of drug-likeness (QED) is 0.255. The molecule has 0 aliphatic carbocycles. The van der Waals surface area contributed by atoms with Crippen LogP contribution in [0.2, 0.25) is 5.02 Å². The Bertz CT molecular complexity index is 1280. The molecule has 0 aliphatic heterocycles. The predicted molar refractivity (Wildman–Crippen MR) is 143 cm³/mol. The topological polar surface area (TPSA) is 90.6 Å². The summed E-state index contributed by atoms with van der Waals surface area (Å²) in [7, 11) is 0. The molecule has 3 aromatic rings. The molecule has 3 N–H and O–H groups in total. The summed E-state index contributed by atoms with van der Waals surface area (Å²) >= 11 is 7.28. The fourth-order valence-corrected chi connectivity index (χ4v) is 4.67. The number of ether oxygens (including phenoxy) is 2. The number of nitrogens with one attached hydrogen (secondary N) is 1. The van der Waals surface area contributed by atoms with E-state index in [9.17, 15) is 9.59 Å². The van der Waals surface area contributed by atoms with Crippen LogP contribution in [-0.4, -0.2) is 18.5 Å². The maximum absolute atomic E-state index is 12.6. The van der Waals surface area contributed by atoms with Crippen molar-refractivity contribution in [2.24, 2.45) is 5.73 Å². The smallest absolute Gasteiger partial charge is 0.339 e. The van der Waals surface area contributed by atoms with Gasteiger partial charge >= 0.3 is 5.97 Å². The highest BCUT2D eigenvalue weighted by Crippen LogP contribution is 2.34. The summed E-state index contributed by atoms with van der Waals surface area (Å²) in [5.74, 6) is -0.0535. The second-order valence-corrected chi connectivity index (χ2v) is 8.96. The van der Waals surface area contributed by atoms with Gasteiger partial charge in [-0.1, -0.05) is 30.3 Å². The van der Waals surface area contributed by atoms with Crippen LogP contribution < -0.4 is 15.8 Å². The van der Waals surface area contributed by atoms with Crippen LogP contribution in [-0.2, 0) is 16.1 Å². The second-order valence-electron chi connectivity index (χ2n) is 7.64. The molecule has 0 aliphatic rings. The summed E-state index contributed by atoms with van der Waals surface area (Å²) in [6.07, 6.45) is 1.71. The van der Waals surface area contributed by atoms with Gasteiger partial charge in [0.25, 0.3) is 5.91 Å². The van der Waals surface area contributed by atoms with Crippen LogP contribution in [0.1, 0.15) is 45.8 Å². The number of aryl methyl sites for hydroxylation is 1. The third-order valence-corrected chi connectivity index (χ3v) is 6.47. The number of amides is 1. The molecule has 8 heteroatoms. The Kier molecular flexibility index (Phi) is 8.73. The predicted octanol–water partition coefficient (Wildman–Crippen LogP) is 6.44. The van der Waals surface area contributed by atoms with Gasteiger partial charge in [0.15, 0.2) is 0 Å². The fraction of sp³-hybridized carbons (Fsp3) is 0.185. The van der Waals surface area contributed by atoms with Gasteiger partial charge in [0.1, 0.15) is 12.4 Å². The highest BCUT2D eigenvalue weighted by atomic mass is 35.5. The molecular weight excluding hydrogens is 484 g/mol. The van der Waals surface area contributed by atoms with Gasteiger partial charge in [-0.2, -0.15) is 0 Å². The van der Waals surface area contributed by atoms with E-state index in [0.717, 1.165) is 11.1 Å². The van der Waals surface area contributed by atoms with Crippen molar-refractivity contribution in [2.75, 3.05) is 11.9 Å². The molecule has 1 amide bonds. The standard InChI is InChI=1S/C27H27ClN2O4S/c1-5-22(27(32)33-6-2)25-24(17(4)29)19(15-35-25)14-34-23-13-21(12-7-16(23)3)30-26(31)18-8-10-20(28)11-9-18/h5,7-13,15H,4,6,14,29H2,1-3H3,(H,30,31)/b22-5+. The van der Waals surface area contributed by atoms with E-state index in [1.165, 1.54) is 11.3 Å². The lowest BCUT2D eigenvalue weighted by Gasteiger charge is -2.13. The number of allylic oxidation sites excluding steroid dienone is 1. The number of rotatable bonds is 9. The average Bonchev–Trinajstić information content (AvgIpc) is 3.24. The minimum Gasteiger partial charge on any atom is -0.489 e. The van der Waals surface area contributed by atoms with Crippen molar-refractivity contribution in [3.05, 3.63) is 92.7 Å². The number of esters is 1. The highest BCUT2D eigenvalue weighted by Gasteiger charge is 2.22. The summed E-state index contributed by atoms with van der Waals surface area (Å²) in [5.41, 5.74) is 10.3. The number of thiophene rings is 1. The van der Waals surface area contributed by atoms with Gasteiger partial charge < -0.3 is 20.5 Å². The van der Waals surface area contributed by atoms with Crippen LogP contribution in [0.5, 0.6) is 5.75 Å². The zero-order valence-corrected chi connectivity index (χ0v) is 21.4. The van der Waals surface area contributed by atoms with Crippen LogP contribution in [0, 0.1) is 6.92 Å². The number of nitrogens with two attached hydrogens (primary N) is 1. The molecule has 0 radical (unpaired) electrons. The van der Waals surface area contributed by atoms with Crippen molar-refractivity contribution in [3.63, 3.8) is 0 Å². The molecule has 182 valence electrons. The summed E-state index contributed by atoms with van der Waals surface area (Å²) in [6, 6.07) is 12.1. The van der Waals surface area contributed by atoms with Gasteiger partial charge in [-0.05, 0) is 62.0 Å². The Balaban J connectivity index is 1.80. The molecule has 6 nitrogen and oxygen atoms in total. The van der Waals surface area contributed by atoms with E-state index >= 15 is 0 Å². The molecule has 0 fully saturated rings. The first-order chi connectivity index (χ1) is 16.7. The normalized spacial score (nSPS) is 11.1. The highest BCUT2D eigenvalue weighted by molar-refractivity contribution is 7.12. The first-order valence-corrected chi connectivity index (χ1v) is 12.2. The summed E-state index contributed by atoms with van der Waals surface area (Å²) in [5, 5.41) is 5.33. The largest absolute Gasteiger partial charge is 0.489 e. The van der Waals surface area contributed by atoms with Crippen LogP contribution in [0.3, 0.4) is 0 Å². The van der Waals surface area contributed by atoms with Crippen molar-refractivity contribution in [1.82, 2.24) is 0 Å². The third-order valence-electron chi connectivity index (χ3n) is 5.15. The second kappa shape index (κ2) is 11.7. The van der Waals surface area contributed by atoms with Gasteiger partial charge in [-0.25, -0.2) is 4.79 Å². The summed E-state index contributed by atoms with van der Waals surface area (Å²) in [4.78, 5) is 25.7. The van der Waals surface area contributed by atoms with E-state index in [1.807, 2.05) is 24.4 Å². The van der Waals surface area contributed by atoms with E-state index < -0.39 is 5.97 Å². The molecule has 0 spiro atoms.